The fourth-order valence-corrected chi connectivity index (χ4v) is 1.37. The van der Waals surface area contributed by atoms with Crippen molar-refractivity contribution in [2.75, 3.05) is 13.7 Å². The van der Waals surface area contributed by atoms with Crippen LogP contribution in [0.4, 0.5) is 0 Å². The second-order valence-electron chi connectivity index (χ2n) is 3.18. The van der Waals surface area contributed by atoms with E-state index >= 15 is 0 Å². The number of likely N-dealkylation sites (N-methyl/N-ethyl adjacent to an activating group) is 1. The van der Waals surface area contributed by atoms with Gasteiger partial charge in [0.25, 0.3) is 0 Å². The molecule has 0 bridgehead atoms. The monoisotopic (exact) mass is 195 g/mol. The Morgan fingerprint density at radius 1 is 1.50 bits per heavy atom. The molecule has 0 saturated carbocycles. The van der Waals surface area contributed by atoms with E-state index in [1.807, 2.05) is 7.05 Å². The summed E-state index contributed by atoms with van der Waals surface area (Å²) in [7, 11) is 1.92. The molecule has 1 aromatic rings. The van der Waals surface area contributed by atoms with E-state index in [4.69, 9.17) is 9.47 Å². The standard InChI is InChI=1S/C9H13N3O2/c1-10-7-2-9(13-5-7)14-8-3-11-6-12-4-8/h3-4,6-7,9-10H,2,5H2,1H3. The summed E-state index contributed by atoms with van der Waals surface area (Å²) < 4.78 is 10.9. The number of hydrogen-bond acceptors (Lipinski definition) is 5. The summed E-state index contributed by atoms with van der Waals surface area (Å²) in [5, 5.41) is 3.14. The van der Waals surface area contributed by atoms with Crippen LogP contribution in [0.1, 0.15) is 6.42 Å². The first kappa shape index (κ1) is 9.36. The molecule has 0 spiro atoms. The Labute approximate surface area is 82.5 Å². The van der Waals surface area contributed by atoms with Crippen LogP contribution < -0.4 is 10.1 Å². The first-order valence-corrected chi connectivity index (χ1v) is 4.59. The summed E-state index contributed by atoms with van der Waals surface area (Å²) in [5.74, 6) is 0.647. The Balaban J connectivity index is 1.88. The molecule has 2 unspecified atom stereocenters. The largest absolute Gasteiger partial charge is 0.462 e. The van der Waals surface area contributed by atoms with Crippen LogP contribution >= 0.6 is 0 Å². The molecule has 1 aliphatic heterocycles. The normalized spacial score (nSPS) is 26.4. The van der Waals surface area contributed by atoms with E-state index in [0.717, 1.165) is 6.42 Å². The highest BCUT2D eigenvalue weighted by atomic mass is 16.7. The highest BCUT2D eigenvalue weighted by Crippen LogP contribution is 2.17. The van der Waals surface area contributed by atoms with Crippen molar-refractivity contribution in [2.24, 2.45) is 0 Å². The third-order valence-corrected chi connectivity index (χ3v) is 2.17. The van der Waals surface area contributed by atoms with E-state index in [1.54, 1.807) is 12.4 Å². The molecule has 0 aliphatic carbocycles. The van der Waals surface area contributed by atoms with Crippen molar-refractivity contribution in [1.29, 1.82) is 0 Å². The lowest BCUT2D eigenvalue weighted by molar-refractivity contribution is -0.0396. The average Bonchev–Trinajstić information content (AvgIpc) is 2.67. The van der Waals surface area contributed by atoms with Crippen molar-refractivity contribution in [2.45, 2.75) is 18.8 Å². The van der Waals surface area contributed by atoms with Crippen LogP contribution in [-0.4, -0.2) is 36.0 Å². The number of aromatic nitrogens is 2. The third kappa shape index (κ3) is 2.18. The summed E-state index contributed by atoms with van der Waals surface area (Å²) in [6.45, 7) is 0.689. The van der Waals surface area contributed by atoms with Gasteiger partial charge in [-0.25, -0.2) is 9.97 Å². The van der Waals surface area contributed by atoms with Gasteiger partial charge in [-0.05, 0) is 7.05 Å². The lowest BCUT2D eigenvalue weighted by Gasteiger charge is -2.11. The number of nitrogens with zero attached hydrogens (tertiary/aromatic N) is 2. The van der Waals surface area contributed by atoms with Crippen molar-refractivity contribution < 1.29 is 9.47 Å². The summed E-state index contributed by atoms with van der Waals surface area (Å²) in [6.07, 6.45) is 5.40. The zero-order valence-corrected chi connectivity index (χ0v) is 8.01. The van der Waals surface area contributed by atoms with Crippen molar-refractivity contribution in [3.05, 3.63) is 18.7 Å². The number of nitrogens with one attached hydrogen (secondary N) is 1. The van der Waals surface area contributed by atoms with Crippen LogP contribution in [0.5, 0.6) is 5.75 Å². The highest BCUT2D eigenvalue weighted by molar-refractivity contribution is 5.10. The Bertz CT molecular complexity index is 281. The number of hydrogen-bond donors (Lipinski definition) is 1. The maximum atomic E-state index is 5.52. The molecule has 5 heteroatoms. The van der Waals surface area contributed by atoms with Gasteiger partial charge in [-0.2, -0.15) is 0 Å². The van der Waals surface area contributed by atoms with Gasteiger partial charge in [0.1, 0.15) is 6.33 Å². The molecule has 1 saturated heterocycles. The van der Waals surface area contributed by atoms with Gasteiger partial charge in [0.05, 0.1) is 19.0 Å². The zero-order valence-electron chi connectivity index (χ0n) is 8.01. The maximum Gasteiger partial charge on any atom is 0.201 e. The molecular formula is C9H13N3O2. The molecule has 1 aliphatic rings. The molecule has 14 heavy (non-hydrogen) atoms. The van der Waals surface area contributed by atoms with E-state index < -0.39 is 0 Å². The zero-order chi connectivity index (χ0) is 9.80. The smallest absolute Gasteiger partial charge is 0.201 e. The summed E-state index contributed by atoms with van der Waals surface area (Å²) in [5.41, 5.74) is 0. The Morgan fingerprint density at radius 3 is 2.93 bits per heavy atom. The lowest BCUT2D eigenvalue weighted by Crippen LogP contribution is -2.25. The van der Waals surface area contributed by atoms with Crippen LogP contribution in [0.3, 0.4) is 0 Å². The molecule has 0 aromatic carbocycles. The van der Waals surface area contributed by atoms with Crippen molar-refractivity contribution >= 4 is 0 Å². The topological polar surface area (TPSA) is 56.3 Å². The van der Waals surface area contributed by atoms with Gasteiger partial charge in [0.15, 0.2) is 5.75 Å². The van der Waals surface area contributed by atoms with Crippen molar-refractivity contribution in [1.82, 2.24) is 15.3 Å². The third-order valence-electron chi connectivity index (χ3n) is 2.17. The highest BCUT2D eigenvalue weighted by Gasteiger charge is 2.25. The van der Waals surface area contributed by atoms with Gasteiger partial charge in [-0.1, -0.05) is 0 Å². The number of rotatable bonds is 3. The second-order valence-corrected chi connectivity index (χ2v) is 3.18. The van der Waals surface area contributed by atoms with Crippen LogP contribution in [-0.2, 0) is 4.74 Å². The van der Waals surface area contributed by atoms with E-state index in [1.165, 1.54) is 6.33 Å². The van der Waals surface area contributed by atoms with Gasteiger partial charge in [-0.15, -0.1) is 0 Å². The predicted octanol–water partition coefficient (Wildman–Crippen LogP) is 0.190. The molecule has 2 heterocycles. The molecular weight excluding hydrogens is 182 g/mol. The van der Waals surface area contributed by atoms with E-state index in [-0.39, 0.29) is 6.29 Å². The minimum atomic E-state index is -0.182. The van der Waals surface area contributed by atoms with Crippen LogP contribution in [0.25, 0.3) is 0 Å². The summed E-state index contributed by atoms with van der Waals surface area (Å²) in [6, 6.07) is 0.379. The van der Waals surface area contributed by atoms with Crippen LogP contribution in [0.2, 0.25) is 0 Å². The van der Waals surface area contributed by atoms with Gasteiger partial charge in [0, 0.05) is 12.5 Å². The van der Waals surface area contributed by atoms with Gasteiger partial charge >= 0.3 is 0 Å². The van der Waals surface area contributed by atoms with E-state index in [2.05, 4.69) is 15.3 Å². The average molecular weight is 195 g/mol. The summed E-state index contributed by atoms with van der Waals surface area (Å²) >= 11 is 0. The SMILES string of the molecule is CNC1COC(Oc2cncnc2)C1. The molecule has 0 amide bonds. The molecule has 2 rings (SSSR count). The van der Waals surface area contributed by atoms with Crippen LogP contribution in [0.15, 0.2) is 18.7 Å². The summed E-state index contributed by atoms with van der Waals surface area (Å²) in [4.78, 5) is 7.72. The Morgan fingerprint density at radius 2 is 2.29 bits per heavy atom. The maximum absolute atomic E-state index is 5.52. The fraction of sp³-hybridized carbons (Fsp3) is 0.556. The fourth-order valence-electron chi connectivity index (χ4n) is 1.37. The predicted molar refractivity (Wildman–Crippen MR) is 49.9 cm³/mol. The van der Waals surface area contributed by atoms with Gasteiger partial charge < -0.3 is 14.8 Å². The van der Waals surface area contributed by atoms with Gasteiger partial charge in [0.2, 0.25) is 6.29 Å². The van der Waals surface area contributed by atoms with Crippen LogP contribution in [0, 0.1) is 0 Å². The molecule has 1 fully saturated rings. The molecule has 76 valence electrons. The first-order chi connectivity index (χ1) is 6.88. The molecule has 0 radical (unpaired) electrons. The van der Waals surface area contributed by atoms with Crippen molar-refractivity contribution in [3.63, 3.8) is 0 Å². The van der Waals surface area contributed by atoms with Crippen molar-refractivity contribution in [3.8, 4) is 5.75 Å². The number of ether oxygens (including phenoxy) is 2. The molecule has 1 N–H and O–H groups in total. The van der Waals surface area contributed by atoms with E-state index in [9.17, 15) is 0 Å². The Hall–Kier alpha value is -1.20. The minimum Gasteiger partial charge on any atom is -0.462 e. The lowest BCUT2D eigenvalue weighted by atomic mass is 10.2. The second kappa shape index (κ2) is 4.34. The molecule has 1 aromatic heterocycles. The van der Waals surface area contributed by atoms with E-state index in [0.29, 0.717) is 18.4 Å². The molecule has 5 nitrogen and oxygen atoms in total. The Kier molecular flexibility index (Phi) is 2.90. The molecule has 2 atom stereocenters. The quantitative estimate of drug-likeness (QED) is 0.746. The first-order valence-electron chi connectivity index (χ1n) is 4.59. The minimum absolute atomic E-state index is 0.182. The van der Waals surface area contributed by atoms with Gasteiger partial charge in [-0.3, -0.25) is 0 Å².